The number of hydrogen-bond acceptors (Lipinski definition) is 4. The average molecular weight is 421 g/mol. The molecule has 0 aromatic heterocycles. The van der Waals surface area contributed by atoms with E-state index in [1.165, 1.54) is 12.2 Å². The lowest BCUT2D eigenvalue weighted by atomic mass is 9.77. The molecule has 0 atom stereocenters. The molecule has 0 saturated carbocycles. The third-order valence-electron chi connectivity index (χ3n) is 7.69. The summed E-state index contributed by atoms with van der Waals surface area (Å²) < 4.78 is 0. The Balaban J connectivity index is 1.92. The summed E-state index contributed by atoms with van der Waals surface area (Å²) in [6, 6.07) is 0.198. The fraction of sp³-hybridized carbons (Fsp3) is 0.833. The smallest absolute Gasteiger partial charge is 0.244 e. The fourth-order valence-electron chi connectivity index (χ4n) is 5.60. The summed E-state index contributed by atoms with van der Waals surface area (Å²) in [7, 11) is 4.29. The molecular formula is C24H44N4O2. The van der Waals surface area contributed by atoms with Gasteiger partial charge in [-0.15, -0.1) is 0 Å². The maximum atomic E-state index is 12.5. The molecule has 6 heteroatoms. The Morgan fingerprint density at radius 2 is 0.867 bits per heavy atom. The lowest BCUT2D eigenvalue weighted by Gasteiger charge is -2.53. The minimum Gasteiger partial charge on any atom is -0.350 e. The highest BCUT2D eigenvalue weighted by Gasteiger charge is 2.44. The SMILES string of the molecule is CN1C(C)(C)CC(NC(=O)C=CC(=O)NC2CC(C)(C)N(C)C(C)(C)C2)CC1(C)C. The Morgan fingerprint density at radius 3 is 1.10 bits per heavy atom. The first-order valence-corrected chi connectivity index (χ1v) is 11.2. The maximum absolute atomic E-state index is 12.5. The molecule has 0 bridgehead atoms. The first kappa shape index (κ1) is 24.9. The molecule has 30 heavy (non-hydrogen) atoms. The minimum atomic E-state index is -0.199. The molecule has 2 aliphatic heterocycles. The van der Waals surface area contributed by atoms with Crippen molar-refractivity contribution in [1.29, 1.82) is 0 Å². The molecular weight excluding hydrogens is 376 g/mol. The highest BCUT2D eigenvalue weighted by atomic mass is 16.2. The van der Waals surface area contributed by atoms with Gasteiger partial charge in [0.25, 0.3) is 0 Å². The van der Waals surface area contributed by atoms with Gasteiger partial charge in [0, 0.05) is 46.4 Å². The van der Waals surface area contributed by atoms with Crippen LogP contribution in [0.25, 0.3) is 0 Å². The van der Waals surface area contributed by atoms with E-state index >= 15 is 0 Å². The standard InChI is InChI=1S/C24H44N4O2/c1-21(2)13-17(14-22(3,4)27(21)9)25-19(29)11-12-20(30)26-18-15-23(5,6)28(10)24(7,8)16-18/h11-12,17-18H,13-16H2,1-10H3,(H,25,29)(H,26,30). The first-order chi connectivity index (χ1) is 13.5. The number of amides is 2. The minimum absolute atomic E-state index is 0.00847. The van der Waals surface area contributed by atoms with Gasteiger partial charge in [0.2, 0.25) is 11.8 Å². The third-order valence-corrected chi connectivity index (χ3v) is 7.69. The molecule has 172 valence electrons. The molecule has 2 fully saturated rings. The summed E-state index contributed by atoms with van der Waals surface area (Å²) in [4.78, 5) is 29.7. The van der Waals surface area contributed by atoms with Crippen molar-refractivity contribution in [3.05, 3.63) is 12.2 Å². The molecule has 2 N–H and O–H groups in total. The van der Waals surface area contributed by atoms with E-state index in [2.05, 4.69) is 89.9 Å². The molecule has 0 aromatic carbocycles. The summed E-state index contributed by atoms with van der Waals surface area (Å²) in [6.07, 6.45) is 6.30. The molecule has 2 heterocycles. The Labute approximate surface area is 183 Å². The van der Waals surface area contributed by atoms with Crippen LogP contribution in [0.4, 0.5) is 0 Å². The molecule has 6 nitrogen and oxygen atoms in total. The van der Waals surface area contributed by atoms with Gasteiger partial charge in [-0.1, -0.05) is 0 Å². The lowest BCUT2D eigenvalue weighted by molar-refractivity contribution is -0.121. The van der Waals surface area contributed by atoms with E-state index in [9.17, 15) is 9.59 Å². The van der Waals surface area contributed by atoms with E-state index < -0.39 is 0 Å². The third kappa shape index (κ3) is 5.64. The Morgan fingerprint density at radius 1 is 0.633 bits per heavy atom. The normalized spacial score (nSPS) is 27.1. The van der Waals surface area contributed by atoms with Gasteiger partial charge in [-0.05, 0) is 95.2 Å². The predicted octanol–water partition coefficient (Wildman–Crippen LogP) is 3.08. The van der Waals surface area contributed by atoms with Gasteiger partial charge in [0.1, 0.15) is 0 Å². The van der Waals surface area contributed by atoms with Gasteiger partial charge in [0.05, 0.1) is 0 Å². The largest absolute Gasteiger partial charge is 0.350 e. The van der Waals surface area contributed by atoms with Crippen LogP contribution in [0, 0.1) is 0 Å². The number of hydrogen-bond donors (Lipinski definition) is 2. The molecule has 2 aliphatic rings. The Hall–Kier alpha value is -1.40. The summed E-state index contributed by atoms with van der Waals surface area (Å²) in [6.45, 7) is 17.7. The highest BCUT2D eigenvalue weighted by Crippen LogP contribution is 2.37. The maximum Gasteiger partial charge on any atom is 0.244 e. The van der Waals surface area contributed by atoms with Crippen LogP contribution in [-0.4, -0.2) is 69.9 Å². The molecule has 0 aromatic rings. The average Bonchev–Trinajstić information content (AvgIpc) is 2.54. The summed E-state index contributed by atoms with van der Waals surface area (Å²) in [5.41, 5.74) is 0.0339. The van der Waals surface area contributed by atoms with Crippen molar-refractivity contribution in [2.75, 3.05) is 14.1 Å². The summed E-state index contributed by atoms with van der Waals surface area (Å²) >= 11 is 0. The topological polar surface area (TPSA) is 64.7 Å². The van der Waals surface area contributed by atoms with Crippen LogP contribution in [0.5, 0.6) is 0 Å². The van der Waals surface area contributed by atoms with Crippen molar-refractivity contribution in [2.24, 2.45) is 0 Å². The number of nitrogens with zero attached hydrogens (tertiary/aromatic N) is 2. The van der Waals surface area contributed by atoms with Gasteiger partial charge < -0.3 is 10.6 Å². The number of rotatable bonds is 4. The molecule has 0 spiro atoms. The van der Waals surface area contributed by atoms with Crippen molar-refractivity contribution in [3.63, 3.8) is 0 Å². The van der Waals surface area contributed by atoms with Crippen LogP contribution >= 0.6 is 0 Å². The number of carbonyl (C=O) groups excluding carboxylic acids is 2. The zero-order valence-corrected chi connectivity index (χ0v) is 20.8. The van der Waals surface area contributed by atoms with Crippen molar-refractivity contribution >= 4 is 11.8 Å². The second-order valence-corrected chi connectivity index (χ2v) is 11.9. The second kappa shape index (κ2) is 8.27. The van der Waals surface area contributed by atoms with E-state index in [1.807, 2.05) is 0 Å². The van der Waals surface area contributed by atoms with Gasteiger partial charge in [-0.25, -0.2) is 0 Å². The van der Waals surface area contributed by atoms with Gasteiger partial charge in [0.15, 0.2) is 0 Å². The quantitative estimate of drug-likeness (QED) is 0.686. The fourth-order valence-corrected chi connectivity index (χ4v) is 5.60. The van der Waals surface area contributed by atoms with Crippen molar-refractivity contribution in [3.8, 4) is 0 Å². The zero-order chi connectivity index (χ0) is 23.1. The van der Waals surface area contributed by atoms with Gasteiger partial charge in [-0.3, -0.25) is 19.4 Å². The van der Waals surface area contributed by atoms with Gasteiger partial charge >= 0.3 is 0 Å². The molecule has 0 aliphatic carbocycles. The second-order valence-electron chi connectivity index (χ2n) is 11.9. The van der Waals surface area contributed by atoms with E-state index in [1.54, 1.807) is 0 Å². The van der Waals surface area contributed by atoms with E-state index in [4.69, 9.17) is 0 Å². The Bertz CT molecular complexity index is 599. The zero-order valence-electron chi connectivity index (χ0n) is 20.8. The number of likely N-dealkylation sites (tertiary alicyclic amines) is 2. The van der Waals surface area contributed by atoms with Crippen molar-refractivity contribution in [1.82, 2.24) is 20.4 Å². The summed E-state index contributed by atoms with van der Waals surface area (Å²) in [5.74, 6) is -0.398. The summed E-state index contributed by atoms with van der Waals surface area (Å²) in [5, 5.41) is 6.21. The number of nitrogens with one attached hydrogen (secondary N) is 2. The van der Waals surface area contributed by atoms with E-state index in [0.29, 0.717) is 0 Å². The predicted molar refractivity (Wildman–Crippen MR) is 123 cm³/mol. The van der Waals surface area contributed by atoms with Crippen molar-refractivity contribution < 1.29 is 9.59 Å². The molecule has 2 amide bonds. The lowest BCUT2D eigenvalue weighted by Crippen LogP contribution is -2.62. The van der Waals surface area contributed by atoms with Crippen LogP contribution < -0.4 is 10.6 Å². The molecule has 2 saturated heterocycles. The van der Waals surface area contributed by atoms with Crippen LogP contribution in [0.3, 0.4) is 0 Å². The van der Waals surface area contributed by atoms with Crippen LogP contribution in [-0.2, 0) is 9.59 Å². The monoisotopic (exact) mass is 420 g/mol. The van der Waals surface area contributed by atoms with Crippen LogP contribution in [0.15, 0.2) is 12.2 Å². The van der Waals surface area contributed by atoms with Gasteiger partial charge in [-0.2, -0.15) is 0 Å². The van der Waals surface area contributed by atoms with E-state index in [-0.39, 0.29) is 46.1 Å². The Kier molecular flexibility index (Phi) is 6.85. The molecule has 0 radical (unpaired) electrons. The van der Waals surface area contributed by atoms with Crippen molar-refractivity contribution in [2.45, 2.75) is 115 Å². The van der Waals surface area contributed by atoms with Crippen LogP contribution in [0.2, 0.25) is 0 Å². The van der Waals surface area contributed by atoms with Crippen LogP contribution in [0.1, 0.15) is 81.1 Å². The molecule has 2 rings (SSSR count). The van der Waals surface area contributed by atoms with E-state index in [0.717, 1.165) is 25.7 Å². The highest BCUT2D eigenvalue weighted by molar-refractivity contribution is 5.96. The number of piperidine rings is 2. The number of carbonyl (C=O) groups is 2. The molecule has 0 unspecified atom stereocenters. The first-order valence-electron chi connectivity index (χ1n) is 11.2.